The van der Waals surface area contributed by atoms with Crippen molar-refractivity contribution in [2.24, 2.45) is 0 Å². The molecule has 3 atom stereocenters. The van der Waals surface area contributed by atoms with Gasteiger partial charge >= 0.3 is 17.9 Å². The van der Waals surface area contributed by atoms with Crippen molar-refractivity contribution in [3.8, 4) is 0 Å². The second-order valence-corrected chi connectivity index (χ2v) is 5.66. The summed E-state index contributed by atoms with van der Waals surface area (Å²) in [6.45, 7) is 4.03. The normalized spacial score (nSPS) is 25.8. The fourth-order valence-electron chi connectivity index (χ4n) is 2.56. The van der Waals surface area contributed by atoms with Gasteiger partial charge in [-0.25, -0.2) is 4.79 Å². The smallest absolute Gasteiger partial charge is 0.338 e. The van der Waals surface area contributed by atoms with Gasteiger partial charge in [0.1, 0.15) is 12.7 Å². The van der Waals surface area contributed by atoms with E-state index in [-0.39, 0.29) is 13.2 Å². The Morgan fingerprint density at radius 1 is 1.17 bits per heavy atom. The van der Waals surface area contributed by atoms with Crippen LogP contribution in [0.4, 0.5) is 0 Å². The Morgan fingerprint density at radius 3 is 2.42 bits per heavy atom. The van der Waals surface area contributed by atoms with Crippen LogP contribution in [0, 0.1) is 0 Å². The van der Waals surface area contributed by atoms with Crippen LogP contribution in [-0.2, 0) is 28.5 Å². The van der Waals surface area contributed by atoms with Crippen molar-refractivity contribution in [3.05, 3.63) is 35.9 Å². The van der Waals surface area contributed by atoms with Crippen molar-refractivity contribution in [2.75, 3.05) is 13.2 Å². The summed E-state index contributed by atoms with van der Waals surface area (Å²) in [4.78, 5) is 34.7. The Morgan fingerprint density at radius 2 is 1.83 bits per heavy atom. The number of rotatable bonds is 5. The molecule has 1 heterocycles. The van der Waals surface area contributed by atoms with Gasteiger partial charge in [-0.2, -0.15) is 0 Å². The van der Waals surface area contributed by atoms with Crippen LogP contribution in [0.2, 0.25) is 0 Å². The first-order valence-corrected chi connectivity index (χ1v) is 7.53. The highest BCUT2D eigenvalue weighted by atomic mass is 16.7. The van der Waals surface area contributed by atoms with Crippen molar-refractivity contribution in [1.29, 1.82) is 0 Å². The monoisotopic (exact) mass is 336 g/mol. The standard InChI is InChI=1S/C17H20O7/c1-11(18)23-15-10-21-14(17(15,3)24-12(2)19)9-22-16(20)13-7-5-4-6-8-13/h4-8,14-15H,9-10H2,1-3H3/t14-,15+,17-/m1/s1. The van der Waals surface area contributed by atoms with E-state index in [0.29, 0.717) is 5.56 Å². The maximum Gasteiger partial charge on any atom is 0.338 e. The number of hydrogen-bond acceptors (Lipinski definition) is 7. The lowest BCUT2D eigenvalue weighted by atomic mass is 9.95. The Hall–Kier alpha value is -2.41. The molecule has 2 rings (SSSR count). The van der Waals surface area contributed by atoms with E-state index in [9.17, 15) is 14.4 Å². The lowest BCUT2D eigenvalue weighted by molar-refractivity contribution is -0.180. The molecule has 1 aliphatic rings. The van der Waals surface area contributed by atoms with E-state index in [2.05, 4.69) is 0 Å². The second kappa shape index (κ2) is 7.44. The van der Waals surface area contributed by atoms with Gasteiger partial charge in [-0.3, -0.25) is 9.59 Å². The number of hydrogen-bond donors (Lipinski definition) is 0. The fourth-order valence-corrected chi connectivity index (χ4v) is 2.56. The van der Waals surface area contributed by atoms with Gasteiger partial charge in [-0.1, -0.05) is 18.2 Å². The van der Waals surface area contributed by atoms with E-state index in [1.165, 1.54) is 13.8 Å². The average molecular weight is 336 g/mol. The molecule has 0 amide bonds. The quantitative estimate of drug-likeness (QED) is 0.594. The molecule has 130 valence electrons. The van der Waals surface area contributed by atoms with Gasteiger partial charge in [0.2, 0.25) is 0 Å². The maximum absolute atomic E-state index is 12.0. The van der Waals surface area contributed by atoms with E-state index in [1.54, 1.807) is 37.3 Å². The van der Waals surface area contributed by atoms with Crippen LogP contribution in [0.1, 0.15) is 31.1 Å². The van der Waals surface area contributed by atoms with Gasteiger partial charge in [-0.05, 0) is 19.1 Å². The van der Waals surface area contributed by atoms with Crippen LogP contribution < -0.4 is 0 Å². The van der Waals surface area contributed by atoms with Crippen LogP contribution in [0.15, 0.2) is 30.3 Å². The van der Waals surface area contributed by atoms with Crippen LogP contribution in [0.25, 0.3) is 0 Å². The van der Waals surface area contributed by atoms with Crippen LogP contribution >= 0.6 is 0 Å². The number of carbonyl (C=O) groups is 3. The molecule has 1 aliphatic heterocycles. The largest absolute Gasteiger partial charge is 0.459 e. The molecule has 24 heavy (non-hydrogen) atoms. The van der Waals surface area contributed by atoms with Crippen LogP contribution in [-0.4, -0.2) is 48.9 Å². The minimum absolute atomic E-state index is 0.0525. The van der Waals surface area contributed by atoms with E-state index in [0.717, 1.165) is 0 Å². The first-order chi connectivity index (χ1) is 11.3. The van der Waals surface area contributed by atoms with Crippen molar-refractivity contribution in [1.82, 2.24) is 0 Å². The first kappa shape index (κ1) is 17.9. The zero-order valence-corrected chi connectivity index (χ0v) is 13.8. The van der Waals surface area contributed by atoms with Gasteiger partial charge in [0.05, 0.1) is 12.2 Å². The van der Waals surface area contributed by atoms with E-state index >= 15 is 0 Å². The molecule has 0 radical (unpaired) electrons. The minimum atomic E-state index is -1.23. The predicted molar refractivity (Wildman–Crippen MR) is 82.2 cm³/mol. The summed E-state index contributed by atoms with van der Waals surface area (Å²) in [5.41, 5.74) is -0.824. The lowest BCUT2D eigenvalue weighted by Gasteiger charge is -2.32. The summed E-state index contributed by atoms with van der Waals surface area (Å²) in [5.74, 6) is -1.57. The lowest BCUT2D eigenvalue weighted by Crippen LogP contribution is -2.51. The minimum Gasteiger partial charge on any atom is -0.459 e. The third kappa shape index (κ3) is 4.11. The molecule has 1 aromatic rings. The molecule has 0 unspecified atom stereocenters. The molecule has 7 heteroatoms. The number of esters is 3. The second-order valence-electron chi connectivity index (χ2n) is 5.66. The summed E-state index contributed by atoms with van der Waals surface area (Å²) < 4.78 is 21.3. The summed E-state index contributed by atoms with van der Waals surface area (Å²) in [6, 6.07) is 8.50. The number of carbonyl (C=O) groups excluding carboxylic acids is 3. The molecule has 0 bridgehead atoms. The van der Waals surface area contributed by atoms with Crippen LogP contribution in [0.5, 0.6) is 0 Å². The summed E-state index contributed by atoms with van der Waals surface area (Å²) in [7, 11) is 0. The first-order valence-electron chi connectivity index (χ1n) is 7.53. The SMILES string of the molecule is CC(=O)O[C@H]1CO[C@H](COC(=O)c2ccccc2)[C@@]1(C)OC(C)=O. The summed E-state index contributed by atoms with van der Waals surface area (Å²) in [6.07, 6.45) is -1.50. The van der Waals surface area contributed by atoms with E-state index in [4.69, 9.17) is 18.9 Å². The molecule has 0 saturated carbocycles. The molecule has 0 aliphatic carbocycles. The van der Waals surface area contributed by atoms with Crippen molar-refractivity contribution in [3.63, 3.8) is 0 Å². The highest BCUT2D eigenvalue weighted by molar-refractivity contribution is 5.89. The highest BCUT2D eigenvalue weighted by Crippen LogP contribution is 2.33. The summed E-state index contributed by atoms with van der Waals surface area (Å²) in [5, 5.41) is 0. The Kier molecular flexibility index (Phi) is 5.56. The Balaban J connectivity index is 2.06. The molecular weight excluding hydrogens is 316 g/mol. The highest BCUT2D eigenvalue weighted by Gasteiger charge is 2.53. The Labute approximate surface area is 139 Å². The molecule has 1 aromatic carbocycles. The van der Waals surface area contributed by atoms with E-state index in [1.807, 2.05) is 0 Å². The maximum atomic E-state index is 12.0. The zero-order valence-electron chi connectivity index (χ0n) is 13.8. The van der Waals surface area contributed by atoms with Crippen molar-refractivity contribution < 1.29 is 33.3 Å². The fraction of sp³-hybridized carbons (Fsp3) is 0.471. The summed E-state index contributed by atoms with van der Waals surface area (Å²) >= 11 is 0. The third-order valence-electron chi connectivity index (χ3n) is 3.77. The molecule has 1 saturated heterocycles. The van der Waals surface area contributed by atoms with Gasteiger partial charge in [-0.15, -0.1) is 0 Å². The molecule has 0 aromatic heterocycles. The van der Waals surface area contributed by atoms with Crippen molar-refractivity contribution >= 4 is 17.9 Å². The Bertz CT molecular complexity index is 613. The topological polar surface area (TPSA) is 88.1 Å². The van der Waals surface area contributed by atoms with Crippen molar-refractivity contribution in [2.45, 2.75) is 38.6 Å². The third-order valence-corrected chi connectivity index (χ3v) is 3.77. The average Bonchev–Trinajstić information content (AvgIpc) is 2.80. The molecular formula is C17H20O7. The molecule has 1 fully saturated rings. The van der Waals surface area contributed by atoms with E-state index < -0.39 is 35.7 Å². The van der Waals surface area contributed by atoms with Crippen LogP contribution in [0.3, 0.4) is 0 Å². The molecule has 7 nitrogen and oxygen atoms in total. The van der Waals surface area contributed by atoms with Gasteiger partial charge < -0.3 is 18.9 Å². The predicted octanol–water partition coefficient (Wildman–Crippen LogP) is 1.50. The zero-order chi connectivity index (χ0) is 17.7. The number of benzene rings is 1. The molecule has 0 N–H and O–H groups in total. The van der Waals surface area contributed by atoms with Gasteiger partial charge in [0.25, 0.3) is 0 Å². The number of ether oxygens (including phenoxy) is 4. The van der Waals surface area contributed by atoms with Gasteiger partial charge in [0.15, 0.2) is 11.7 Å². The molecule has 0 spiro atoms. The van der Waals surface area contributed by atoms with Gasteiger partial charge in [0, 0.05) is 13.8 Å².